The molecule has 2 saturated heterocycles. The van der Waals surface area contributed by atoms with Gasteiger partial charge in [-0.05, 0) is 70.8 Å². The predicted octanol–water partition coefficient (Wildman–Crippen LogP) is 4.08. The highest BCUT2D eigenvalue weighted by Gasteiger charge is 2.36. The molecule has 3 amide bonds. The third kappa shape index (κ3) is 7.80. The molecule has 0 saturated carbocycles. The van der Waals surface area contributed by atoms with Crippen LogP contribution in [0.15, 0.2) is 11.6 Å². The minimum absolute atomic E-state index is 0.0464. The van der Waals surface area contributed by atoms with Gasteiger partial charge >= 0.3 is 0 Å². The molecule has 0 aromatic heterocycles. The van der Waals surface area contributed by atoms with E-state index >= 15 is 0 Å². The Morgan fingerprint density at radius 2 is 1.53 bits per heavy atom. The molecule has 0 bridgehead atoms. The normalized spacial score (nSPS) is 22.2. The number of hydrogen-bond donors (Lipinski definition) is 1. The Bertz CT molecular complexity index is 783. The maximum absolute atomic E-state index is 13.7. The maximum Gasteiger partial charge on any atom is 0.249 e. The van der Waals surface area contributed by atoms with Gasteiger partial charge in [0.15, 0.2) is 0 Å². The summed E-state index contributed by atoms with van der Waals surface area (Å²) in [5.41, 5.74) is 0.683. The number of nitrogens with zero attached hydrogens (tertiary/aromatic N) is 3. The summed E-state index contributed by atoms with van der Waals surface area (Å²) < 4.78 is 0. The Kier molecular flexibility index (Phi) is 11.5. The Labute approximate surface area is 220 Å². The highest BCUT2D eigenvalue weighted by Crippen LogP contribution is 2.22. The standard InChI is InChI=1S/C29H52N4O3/c1-19(2)25(18-23(8)28(35)32-16-13-22(7)14-17-32)31(9)29(36)26(20(3)4)30-27(34)24-12-10-11-15-33(24)21(5)6/h18-22,24-26H,10-17H2,1-9H3,(H,30,34)/t24?,25-,26+/m1/s1. The Morgan fingerprint density at radius 3 is 2.06 bits per heavy atom. The molecule has 1 unspecified atom stereocenters. The van der Waals surface area contributed by atoms with Crippen LogP contribution in [0.25, 0.3) is 0 Å². The van der Waals surface area contributed by atoms with E-state index in [1.807, 2.05) is 31.7 Å². The first kappa shape index (κ1) is 30.3. The molecule has 0 aromatic rings. The third-order valence-electron chi connectivity index (χ3n) is 8.05. The molecular weight excluding hydrogens is 452 g/mol. The fourth-order valence-corrected chi connectivity index (χ4v) is 5.52. The van der Waals surface area contributed by atoms with Gasteiger partial charge in [-0.25, -0.2) is 0 Å². The van der Waals surface area contributed by atoms with Crippen molar-refractivity contribution >= 4 is 17.7 Å². The van der Waals surface area contributed by atoms with Crippen LogP contribution in [0.5, 0.6) is 0 Å². The summed E-state index contributed by atoms with van der Waals surface area (Å²) in [6.07, 6.45) is 6.99. The topological polar surface area (TPSA) is 73.0 Å². The van der Waals surface area contributed by atoms with Gasteiger partial charge in [0.1, 0.15) is 6.04 Å². The molecule has 7 nitrogen and oxygen atoms in total. The Balaban J connectivity index is 2.16. The molecule has 7 heteroatoms. The van der Waals surface area contributed by atoms with Gasteiger partial charge in [0.05, 0.1) is 12.1 Å². The Hall–Kier alpha value is -1.89. The Morgan fingerprint density at radius 1 is 0.917 bits per heavy atom. The SMILES string of the molecule is CC(=C[C@H](C(C)C)N(C)C(=O)[C@@H](NC(=O)C1CCCCN1C(C)C)C(C)C)C(=O)N1CCC(C)CC1. The number of piperidine rings is 2. The van der Waals surface area contributed by atoms with Crippen LogP contribution in [0.4, 0.5) is 0 Å². The van der Waals surface area contributed by atoms with E-state index < -0.39 is 6.04 Å². The summed E-state index contributed by atoms with van der Waals surface area (Å²) in [7, 11) is 1.80. The van der Waals surface area contributed by atoms with Crippen LogP contribution >= 0.6 is 0 Å². The quantitative estimate of drug-likeness (QED) is 0.480. The molecule has 0 spiro atoms. The lowest BCUT2D eigenvalue weighted by molar-refractivity contribution is -0.140. The van der Waals surface area contributed by atoms with Crippen LogP contribution in [0.1, 0.15) is 87.5 Å². The van der Waals surface area contributed by atoms with Crippen LogP contribution in [0, 0.1) is 17.8 Å². The summed E-state index contributed by atoms with van der Waals surface area (Å²) in [6.45, 7) is 18.9. The molecule has 3 atom stereocenters. The molecule has 1 N–H and O–H groups in total. The van der Waals surface area contributed by atoms with Crippen LogP contribution in [0.2, 0.25) is 0 Å². The molecule has 0 radical (unpaired) electrons. The van der Waals surface area contributed by atoms with Crippen molar-refractivity contribution in [3.05, 3.63) is 11.6 Å². The first-order valence-corrected chi connectivity index (χ1v) is 14.2. The van der Waals surface area contributed by atoms with Gasteiger partial charge < -0.3 is 15.1 Å². The van der Waals surface area contributed by atoms with E-state index in [1.165, 1.54) is 0 Å². The second-order valence-electron chi connectivity index (χ2n) is 12.1. The smallest absolute Gasteiger partial charge is 0.249 e. The molecule has 0 aromatic carbocycles. The summed E-state index contributed by atoms with van der Waals surface area (Å²) in [6, 6.07) is -0.736. The van der Waals surface area contributed by atoms with Crippen LogP contribution in [-0.4, -0.2) is 83.3 Å². The molecule has 36 heavy (non-hydrogen) atoms. The number of nitrogens with one attached hydrogen (secondary N) is 1. The first-order chi connectivity index (χ1) is 16.8. The lowest BCUT2D eigenvalue weighted by atomic mass is 9.95. The lowest BCUT2D eigenvalue weighted by Crippen LogP contribution is -2.58. The van der Waals surface area contributed by atoms with E-state index in [0.717, 1.165) is 51.7 Å². The number of likely N-dealkylation sites (tertiary alicyclic amines) is 2. The summed E-state index contributed by atoms with van der Waals surface area (Å²) >= 11 is 0. The molecule has 2 fully saturated rings. The van der Waals surface area contributed by atoms with E-state index in [9.17, 15) is 14.4 Å². The lowest BCUT2D eigenvalue weighted by Gasteiger charge is -2.39. The summed E-state index contributed by atoms with van der Waals surface area (Å²) in [4.78, 5) is 46.1. The molecular formula is C29H52N4O3. The molecule has 0 aliphatic carbocycles. The zero-order chi connectivity index (χ0) is 27.2. The zero-order valence-electron chi connectivity index (χ0n) is 24.3. The molecule has 2 rings (SSSR count). The van der Waals surface area contributed by atoms with Crippen molar-refractivity contribution in [1.82, 2.24) is 20.0 Å². The minimum atomic E-state index is -0.604. The van der Waals surface area contributed by atoms with Crippen LogP contribution < -0.4 is 5.32 Å². The van der Waals surface area contributed by atoms with Crippen molar-refractivity contribution in [3.63, 3.8) is 0 Å². The monoisotopic (exact) mass is 504 g/mol. The number of carbonyl (C=O) groups is 3. The van der Waals surface area contributed by atoms with E-state index in [0.29, 0.717) is 11.5 Å². The second-order valence-corrected chi connectivity index (χ2v) is 12.1. The van der Waals surface area contributed by atoms with Gasteiger partial charge in [0, 0.05) is 31.8 Å². The van der Waals surface area contributed by atoms with Crippen molar-refractivity contribution in [3.8, 4) is 0 Å². The van der Waals surface area contributed by atoms with Crippen molar-refractivity contribution in [2.45, 2.75) is 112 Å². The van der Waals surface area contributed by atoms with Crippen molar-refractivity contribution in [2.75, 3.05) is 26.7 Å². The van der Waals surface area contributed by atoms with Crippen LogP contribution in [0.3, 0.4) is 0 Å². The highest BCUT2D eigenvalue weighted by atomic mass is 16.2. The zero-order valence-corrected chi connectivity index (χ0v) is 24.3. The molecule has 2 aliphatic heterocycles. The highest BCUT2D eigenvalue weighted by molar-refractivity contribution is 5.93. The number of carbonyl (C=O) groups excluding carboxylic acids is 3. The van der Waals surface area contributed by atoms with E-state index in [1.54, 1.807) is 11.9 Å². The number of hydrogen-bond acceptors (Lipinski definition) is 4. The van der Waals surface area contributed by atoms with Crippen molar-refractivity contribution < 1.29 is 14.4 Å². The second kappa shape index (κ2) is 13.6. The largest absolute Gasteiger partial charge is 0.343 e. The van der Waals surface area contributed by atoms with Gasteiger partial charge in [-0.15, -0.1) is 0 Å². The van der Waals surface area contributed by atoms with E-state index in [2.05, 4.69) is 44.8 Å². The van der Waals surface area contributed by atoms with Gasteiger partial charge in [0.25, 0.3) is 0 Å². The fraction of sp³-hybridized carbons (Fsp3) is 0.828. The third-order valence-corrected chi connectivity index (χ3v) is 8.05. The van der Waals surface area contributed by atoms with Crippen LogP contribution in [-0.2, 0) is 14.4 Å². The average molecular weight is 505 g/mol. The number of amides is 3. The first-order valence-electron chi connectivity index (χ1n) is 14.2. The van der Waals surface area contributed by atoms with Gasteiger partial charge in [0.2, 0.25) is 17.7 Å². The van der Waals surface area contributed by atoms with Gasteiger partial charge in [-0.1, -0.05) is 47.1 Å². The van der Waals surface area contributed by atoms with Crippen molar-refractivity contribution in [2.24, 2.45) is 17.8 Å². The van der Waals surface area contributed by atoms with E-state index in [-0.39, 0.29) is 47.7 Å². The molecule has 206 valence electrons. The minimum Gasteiger partial charge on any atom is -0.343 e. The molecule has 2 heterocycles. The fourth-order valence-electron chi connectivity index (χ4n) is 5.52. The summed E-state index contributed by atoms with van der Waals surface area (Å²) in [5.74, 6) is 0.651. The van der Waals surface area contributed by atoms with Crippen molar-refractivity contribution in [1.29, 1.82) is 0 Å². The maximum atomic E-state index is 13.7. The molecule has 2 aliphatic rings. The van der Waals surface area contributed by atoms with E-state index in [4.69, 9.17) is 0 Å². The number of likely N-dealkylation sites (N-methyl/N-ethyl adjacent to an activating group) is 1. The summed E-state index contributed by atoms with van der Waals surface area (Å²) in [5, 5.41) is 3.11. The van der Waals surface area contributed by atoms with Gasteiger partial charge in [-0.2, -0.15) is 0 Å². The number of rotatable bonds is 9. The average Bonchev–Trinajstić information content (AvgIpc) is 2.84. The van der Waals surface area contributed by atoms with Gasteiger partial charge in [-0.3, -0.25) is 19.3 Å². The predicted molar refractivity (Wildman–Crippen MR) is 146 cm³/mol.